The van der Waals surface area contributed by atoms with Crippen molar-refractivity contribution in [3.05, 3.63) is 51.2 Å². The van der Waals surface area contributed by atoms with Gasteiger partial charge in [0.2, 0.25) is 0 Å². The summed E-state index contributed by atoms with van der Waals surface area (Å²) in [5.74, 6) is 0.00177. The van der Waals surface area contributed by atoms with Gasteiger partial charge in [0.05, 0.1) is 11.4 Å². The predicted octanol–water partition coefficient (Wildman–Crippen LogP) is 3.58. The fraction of sp³-hybridized carbons (Fsp3) is 0. The molecule has 1 heterocycles. The average Bonchev–Trinajstić information content (AvgIpc) is 2.93. The molecular formula is C13H8Br2FN5. The molecule has 0 spiro atoms. The summed E-state index contributed by atoms with van der Waals surface area (Å²) in [5.41, 5.74) is 7.04. The van der Waals surface area contributed by atoms with E-state index in [2.05, 4.69) is 47.4 Å². The van der Waals surface area contributed by atoms with Crippen molar-refractivity contribution in [1.29, 1.82) is 0 Å². The van der Waals surface area contributed by atoms with Crippen LogP contribution in [0.25, 0.3) is 17.1 Å². The largest absolute Gasteiger partial charge is 0.396 e. The van der Waals surface area contributed by atoms with Crippen molar-refractivity contribution in [2.75, 3.05) is 5.73 Å². The summed E-state index contributed by atoms with van der Waals surface area (Å²) in [6.07, 6.45) is 0. The van der Waals surface area contributed by atoms with E-state index in [-0.39, 0.29) is 5.69 Å². The fourth-order valence-corrected chi connectivity index (χ4v) is 2.62. The van der Waals surface area contributed by atoms with Gasteiger partial charge in [-0.2, -0.15) is 4.68 Å². The molecule has 0 saturated carbocycles. The minimum absolute atomic E-state index is 0.0513. The monoisotopic (exact) mass is 411 g/mol. The van der Waals surface area contributed by atoms with Crippen LogP contribution in [-0.2, 0) is 0 Å². The molecule has 0 bridgehead atoms. The lowest BCUT2D eigenvalue weighted by Gasteiger charge is -2.08. The van der Waals surface area contributed by atoms with Crippen molar-refractivity contribution in [3.8, 4) is 17.1 Å². The van der Waals surface area contributed by atoms with Gasteiger partial charge in [0.25, 0.3) is 0 Å². The smallest absolute Gasteiger partial charge is 0.187 e. The molecule has 0 amide bonds. The highest BCUT2D eigenvalue weighted by Crippen LogP contribution is 2.28. The first-order valence-corrected chi connectivity index (χ1v) is 7.44. The lowest BCUT2D eigenvalue weighted by Crippen LogP contribution is -2.01. The molecule has 2 aromatic carbocycles. The molecule has 0 aliphatic rings. The van der Waals surface area contributed by atoms with E-state index >= 15 is 0 Å². The highest BCUT2D eigenvalue weighted by Gasteiger charge is 2.14. The van der Waals surface area contributed by atoms with Gasteiger partial charge in [-0.05, 0) is 62.8 Å². The second-order valence-electron chi connectivity index (χ2n) is 4.25. The predicted molar refractivity (Wildman–Crippen MR) is 84.4 cm³/mol. The molecule has 3 aromatic rings. The third-order valence-electron chi connectivity index (χ3n) is 2.86. The normalized spacial score (nSPS) is 10.8. The summed E-state index contributed by atoms with van der Waals surface area (Å²) in [6, 6.07) is 10.0. The Morgan fingerprint density at radius 3 is 2.67 bits per heavy atom. The number of halogens is 3. The van der Waals surface area contributed by atoms with Crippen LogP contribution in [0, 0.1) is 5.82 Å². The number of nitrogens with zero attached hydrogens (tertiary/aromatic N) is 4. The van der Waals surface area contributed by atoms with Gasteiger partial charge < -0.3 is 5.73 Å². The Kier molecular flexibility index (Phi) is 3.73. The molecular weight excluding hydrogens is 405 g/mol. The molecule has 0 atom stereocenters. The molecule has 0 aliphatic carbocycles. The Bertz CT molecular complexity index is 818. The van der Waals surface area contributed by atoms with Gasteiger partial charge in [-0.25, -0.2) is 4.39 Å². The van der Waals surface area contributed by atoms with Crippen LogP contribution in [0.3, 0.4) is 0 Å². The Balaban J connectivity index is 2.17. The SMILES string of the molecule is Nc1cc(-c2nnnn2-c2cc(Br)ccc2Br)ccc1F. The maximum Gasteiger partial charge on any atom is 0.187 e. The van der Waals surface area contributed by atoms with E-state index in [1.165, 1.54) is 12.1 Å². The van der Waals surface area contributed by atoms with Crippen LogP contribution < -0.4 is 5.73 Å². The van der Waals surface area contributed by atoms with E-state index in [1.54, 1.807) is 10.7 Å². The molecule has 0 fully saturated rings. The third-order valence-corrected chi connectivity index (χ3v) is 4.02. The maximum atomic E-state index is 13.3. The molecule has 8 heteroatoms. The van der Waals surface area contributed by atoms with Crippen molar-refractivity contribution in [2.24, 2.45) is 0 Å². The van der Waals surface area contributed by atoms with Gasteiger partial charge in [-0.15, -0.1) is 5.10 Å². The van der Waals surface area contributed by atoms with Crippen LogP contribution in [0.1, 0.15) is 0 Å². The maximum absolute atomic E-state index is 13.3. The Labute approximate surface area is 136 Å². The number of aromatic nitrogens is 4. The van der Waals surface area contributed by atoms with E-state index in [4.69, 9.17) is 5.73 Å². The zero-order valence-corrected chi connectivity index (χ0v) is 13.6. The molecule has 2 N–H and O–H groups in total. The van der Waals surface area contributed by atoms with Crippen LogP contribution in [-0.4, -0.2) is 20.2 Å². The Morgan fingerprint density at radius 1 is 1.10 bits per heavy atom. The highest BCUT2D eigenvalue weighted by atomic mass is 79.9. The second kappa shape index (κ2) is 5.53. The zero-order chi connectivity index (χ0) is 15.0. The van der Waals surface area contributed by atoms with Crippen LogP contribution in [0.5, 0.6) is 0 Å². The van der Waals surface area contributed by atoms with Crippen molar-refractivity contribution < 1.29 is 4.39 Å². The fourth-order valence-electron chi connectivity index (χ4n) is 1.86. The Hall–Kier alpha value is -1.80. The van der Waals surface area contributed by atoms with Gasteiger partial charge in [-0.1, -0.05) is 15.9 Å². The van der Waals surface area contributed by atoms with Gasteiger partial charge in [0, 0.05) is 14.5 Å². The molecule has 21 heavy (non-hydrogen) atoms. The van der Waals surface area contributed by atoms with Crippen molar-refractivity contribution >= 4 is 37.5 Å². The quantitative estimate of drug-likeness (QED) is 0.653. The topological polar surface area (TPSA) is 69.6 Å². The molecule has 0 unspecified atom stereocenters. The second-order valence-corrected chi connectivity index (χ2v) is 6.02. The number of benzene rings is 2. The summed E-state index contributed by atoms with van der Waals surface area (Å²) in [6.45, 7) is 0. The first-order chi connectivity index (χ1) is 10.1. The molecule has 3 rings (SSSR count). The molecule has 5 nitrogen and oxygen atoms in total. The van der Waals surface area contributed by atoms with Crippen molar-refractivity contribution in [3.63, 3.8) is 0 Å². The summed E-state index contributed by atoms with van der Waals surface area (Å²) < 4.78 is 16.6. The first-order valence-electron chi connectivity index (χ1n) is 5.85. The molecule has 0 saturated heterocycles. The minimum atomic E-state index is -0.471. The number of hydrogen-bond donors (Lipinski definition) is 1. The average molecular weight is 413 g/mol. The molecule has 1 aromatic heterocycles. The zero-order valence-electron chi connectivity index (χ0n) is 10.5. The number of anilines is 1. The van der Waals surface area contributed by atoms with Gasteiger partial charge in [0.1, 0.15) is 5.82 Å². The van der Waals surface area contributed by atoms with Gasteiger partial charge >= 0.3 is 0 Å². The number of rotatable bonds is 2. The molecule has 0 aliphatic heterocycles. The summed E-state index contributed by atoms with van der Waals surface area (Å²) >= 11 is 6.87. The minimum Gasteiger partial charge on any atom is -0.396 e. The van der Waals surface area contributed by atoms with Crippen LogP contribution in [0.15, 0.2) is 45.3 Å². The third kappa shape index (κ3) is 2.68. The van der Waals surface area contributed by atoms with Crippen LogP contribution in [0.4, 0.5) is 10.1 Å². The highest BCUT2D eigenvalue weighted by molar-refractivity contribution is 9.11. The standard InChI is InChI=1S/C13H8Br2FN5/c14-8-2-3-9(15)12(6-8)21-13(18-19-20-21)7-1-4-10(16)11(17)5-7/h1-6H,17H2. The lowest BCUT2D eigenvalue weighted by atomic mass is 10.2. The van der Waals surface area contributed by atoms with E-state index < -0.39 is 5.82 Å². The number of tetrazole rings is 1. The molecule has 106 valence electrons. The van der Waals surface area contributed by atoms with E-state index in [0.717, 1.165) is 14.6 Å². The van der Waals surface area contributed by atoms with E-state index in [9.17, 15) is 4.39 Å². The first kappa shape index (κ1) is 14.2. The van der Waals surface area contributed by atoms with Gasteiger partial charge in [0.15, 0.2) is 5.82 Å². The number of hydrogen-bond acceptors (Lipinski definition) is 4. The van der Waals surface area contributed by atoms with Crippen molar-refractivity contribution in [1.82, 2.24) is 20.2 Å². The summed E-state index contributed by atoms with van der Waals surface area (Å²) in [5, 5.41) is 11.7. The van der Waals surface area contributed by atoms with Gasteiger partial charge in [-0.3, -0.25) is 0 Å². The van der Waals surface area contributed by atoms with Crippen molar-refractivity contribution in [2.45, 2.75) is 0 Å². The number of nitrogens with two attached hydrogens (primary N) is 1. The summed E-state index contributed by atoms with van der Waals surface area (Å²) in [7, 11) is 0. The van der Waals surface area contributed by atoms with Crippen LogP contribution in [0.2, 0.25) is 0 Å². The van der Waals surface area contributed by atoms with E-state index in [0.29, 0.717) is 11.4 Å². The Morgan fingerprint density at radius 2 is 1.90 bits per heavy atom. The molecule has 0 radical (unpaired) electrons. The lowest BCUT2D eigenvalue weighted by molar-refractivity contribution is 0.632. The van der Waals surface area contributed by atoms with Crippen LogP contribution >= 0.6 is 31.9 Å². The number of nitrogen functional groups attached to an aromatic ring is 1. The summed E-state index contributed by atoms with van der Waals surface area (Å²) in [4.78, 5) is 0. The van der Waals surface area contributed by atoms with E-state index in [1.807, 2.05) is 18.2 Å².